The summed E-state index contributed by atoms with van der Waals surface area (Å²) in [6.07, 6.45) is 0. The number of likely N-dealkylation sites (N-methyl/N-ethyl adjacent to an activating group) is 1. The van der Waals surface area contributed by atoms with Gasteiger partial charge in [0.2, 0.25) is 0 Å². The van der Waals surface area contributed by atoms with Crippen molar-refractivity contribution in [2.45, 2.75) is 13.5 Å². The van der Waals surface area contributed by atoms with Gasteiger partial charge in [-0.15, -0.1) is 11.3 Å². The smallest absolute Gasteiger partial charge is 0.278 e. The standard InChI is InChI=1S/C23H20N2O2S/c1-16-10-12-17(13-11-16)15-25-22(26)20(19-9-6-14-28-19)21(23(25)27)24(2)18-7-4-3-5-8-18/h3-14H,15H2,1-2H3. The summed E-state index contributed by atoms with van der Waals surface area (Å²) in [6.45, 7) is 2.28. The maximum Gasteiger partial charge on any atom is 0.278 e. The zero-order valence-electron chi connectivity index (χ0n) is 15.8. The molecule has 2 aromatic carbocycles. The van der Waals surface area contributed by atoms with Crippen LogP contribution in [0.2, 0.25) is 0 Å². The van der Waals surface area contributed by atoms with Gasteiger partial charge in [0.1, 0.15) is 5.70 Å². The van der Waals surface area contributed by atoms with Gasteiger partial charge in [-0.05, 0) is 36.1 Å². The number of para-hydroxylation sites is 1. The fraction of sp³-hybridized carbons (Fsp3) is 0.130. The van der Waals surface area contributed by atoms with Gasteiger partial charge in [0.05, 0.1) is 12.1 Å². The predicted octanol–water partition coefficient (Wildman–Crippen LogP) is 4.47. The van der Waals surface area contributed by atoms with Gasteiger partial charge < -0.3 is 4.90 Å². The normalized spacial score (nSPS) is 14.1. The first-order chi connectivity index (χ1) is 13.6. The minimum absolute atomic E-state index is 0.245. The molecule has 0 unspecified atom stereocenters. The number of carbonyl (C=O) groups is 2. The lowest BCUT2D eigenvalue weighted by Crippen LogP contribution is -2.33. The molecule has 0 atom stereocenters. The van der Waals surface area contributed by atoms with Crippen LogP contribution in [-0.2, 0) is 16.1 Å². The predicted molar refractivity (Wildman–Crippen MR) is 113 cm³/mol. The van der Waals surface area contributed by atoms with Crippen LogP contribution in [0.1, 0.15) is 16.0 Å². The third kappa shape index (κ3) is 3.25. The molecule has 2 heterocycles. The second-order valence-electron chi connectivity index (χ2n) is 6.78. The molecular formula is C23H20N2O2S. The van der Waals surface area contributed by atoms with Gasteiger partial charge >= 0.3 is 0 Å². The second-order valence-corrected chi connectivity index (χ2v) is 7.73. The van der Waals surface area contributed by atoms with Crippen molar-refractivity contribution in [2.75, 3.05) is 11.9 Å². The molecule has 4 rings (SSSR count). The molecule has 1 aliphatic heterocycles. The second kappa shape index (κ2) is 7.44. The lowest BCUT2D eigenvalue weighted by atomic mass is 10.1. The molecule has 2 amide bonds. The summed E-state index contributed by atoms with van der Waals surface area (Å²) in [6, 6.07) is 21.3. The summed E-state index contributed by atoms with van der Waals surface area (Å²) >= 11 is 1.47. The first-order valence-corrected chi connectivity index (χ1v) is 9.93. The molecule has 1 aliphatic rings. The highest BCUT2D eigenvalue weighted by Crippen LogP contribution is 2.35. The Bertz CT molecular complexity index is 1040. The van der Waals surface area contributed by atoms with Crippen molar-refractivity contribution in [1.29, 1.82) is 0 Å². The van der Waals surface area contributed by atoms with E-state index in [0.717, 1.165) is 21.7 Å². The fourth-order valence-electron chi connectivity index (χ4n) is 3.32. The van der Waals surface area contributed by atoms with E-state index in [4.69, 9.17) is 0 Å². The first-order valence-electron chi connectivity index (χ1n) is 9.05. The molecule has 0 bridgehead atoms. The van der Waals surface area contributed by atoms with Gasteiger partial charge in [0, 0.05) is 17.6 Å². The molecular weight excluding hydrogens is 368 g/mol. The number of anilines is 1. The maximum atomic E-state index is 13.3. The van der Waals surface area contributed by atoms with E-state index in [1.165, 1.54) is 16.2 Å². The number of aryl methyl sites for hydroxylation is 1. The third-order valence-corrected chi connectivity index (χ3v) is 5.74. The molecule has 3 aromatic rings. The minimum Gasteiger partial charge on any atom is -0.339 e. The van der Waals surface area contributed by atoms with Crippen molar-refractivity contribution in [3.63, 3.8) is 0 Å². The van der Waals surface area contributed by atoms with Crippen molar-refractivity contribution in [3.05, 3.63) is 93.8 Å². The Kier molecular flexibility index (Phi) is 4.84. The van der Waals surface area contributed by atoms with E-state index in [2.05, 4.69) is 0 Å². The zero-order chi connectivity index (χ0) is 19.7. The number of imide groups is 1. The van der Waals surface area contributed by atoms with Crippen LogP contribution >= 0.6 is 11.3 Å². The van der Waals surface area contributed by atoms with E-state index in [1.54, 1.807) is 0 Å². The maximum absolute atomic E-state index is 13.3. The molecule has 5 heteroatoms. The highest BCUT2D eigenvalue weighted by Gasteiger charge is 2.41. The van der Waals surface area contributed by atoms with Crippen LogP contribution in [0, 0.1) is 6.92 Å². The van der Waals surface area contributed by atoms with Gasteiger partial charge in [-0.25, -0.2) is 0 Å². The molecule has 0 fully saturated rings. The highest BCUT2D eigenvalue weighted by atomic mass is 32.1. The largest absolute Gasteiger partial charge is 0.339 e. The highest BCUT2D eigenvalue weighted by molar-refractivity contribution is 7.11. The van der Waals surface area contributed by atoms with Crippen molar-refractivity contribution in [2.24, 2.45) is 0 Å². The molecule has 140 valence electrons. The van der Waals surface area contributed by atoms with E-state index in [9.17, 15) is 9.59 Å². The molecule has 0 saturated heterocycles. The average molecular weight is 388 g/mol. The van der Waals surface area contributed by atoms with Crippen LogP contribution < -0.4 is 4.90 Å². The van der Waals surface area contributed by atoms with Crippen LogP contribution in [-0.4, -0.2) is 23.8 Å². The number of thiophene rings is 1. The summed E-state index contributed by atoms with van der Waals surface area (Å²) < 4.78 is 0. The summed E-state index contributed by atoms with van der Waals surface area (Å²) in [5, 5.41) is 1.92. The molecule has 0 N–H and O–H groups in total. The van der Waals surface area contributed by atoms with E-state index >= 15 is 0 Å². The first kappa shape index (κ1) is 18.2. The molecule has 0 spiro atoms. The summed E-state index contributed by atoms with van der Waals surface area (Å²) in [5.41, 5.74) is 3.83. The zero-order valence-corrected chi connectivity index (χ0v) is 16.6. The van der Waals surface area contributed by atoms with Gasteiger partial charge in [-0.1, -0.05) is 54.1 Å². The van der Waals surface area contributed by atoms with Crippen molar-refractivity contribution < 1.29 is 9.59 Å². The van der Waals surface area contributed by atoms with Gasteiger partial charge in [-0.2, -0.15) is 0 Å². The molecule has 28 heavy (non-hydrogen) atoms. The van der Waals surface area contributed by atoms with E-state index in [-0.39, 0.29) is 18.4 Å². The lowest BCUT2D eigenvalue weighted by molar-refractivity contribution is -0.137. The number of amides is 2. The van der Waals surface area contributed by atoms with Crippen molar-refractivity contribution >= 4 is 34.4 Å². The van der Waals surface area contributed by atoms with Crippen LogP contribution in [0.3, 0.4) is 0 Å². The summed E-state index contributed by atoms with van der Waals surface area (Å²) in [5.74, 6) is -0.508. The van der Waals surface area contributed by atoms with Crippen LogP contribution in [0.15, 0.2) is 77.8 Å². The number of nitrogens with zero attached hydrogens (tertiary/aromatic N) is 2. The number of hydrogen-bond acceptors (Lipinski definition) is 4. The quantitative estimate of drug-likeness (QED) is 0.606. The molecule has 4 nitrogen and oxygen atoms in total. The van der Waals surface area contributed by atoms with E-state index in [0.29, 0.717) is 11.3 Å². The van der Waals surface area contributed by atoms with Crippen molar-refractivity contribution in [1.82, 2.24) is 4.90 Å². The number of carbonyl (C=O) groups excluding carboxylic acids is 2. The number of rotatable bonds is 5. The van der Waals surface area contributed by atoms with Gasteiger partial charge in [0.15, 0.2) is 0 Å². The fourth-order valence-corrected chi connectivity index (χ4v) is 4.08. The Morgan fingerprint density at radius 3 is 2.25 bits per heavy atom. The van der Waals surface area contributed by atoms with E-state index in [1.807, 2.05) is 91.0 Å². The lowest BCUT2D eigenvalue weighted by Gasteiger charge is -2.21. The Labute approximate surface area is 168 Å². The SMILES string of the molecule is Cc1ccc(CN2C(=O)C(c3cccs3)=C(N(C)c3ccccc3)C2=O)cc1. The number of hydrogen-bond donors (Lipinski definition) is 0. The van der Waals surface area contributed by atoms with Crippen LogP contribution in [0.4, 0.5) is 5.69 Å². The number of benzene rings is 2. The molecule has 0 saturated carbocycles. The Hall–Kier alpha value is -3.18. The van der Waals surface area contributed by atoms with Crippen molar-refractivity contribution in [3.8, 4) is 0 Å². The van der Waals surface area contributed by atoms with Gasteiger partial charge in [-0.3, -0.25) is 14.5 Å². The van der Waals surface area contributed by atoms with Gasteiger partial charge in [0.25, 0.3) is 11.8 Å². The Morgan fingerprint density at radius 1 is 0.893 bits per heavy atom. The monoisotopic (exact) mass is 388 g/mol. The van der Waals surface area contributed by atoms with Crippen LogP contribution in [0.25, 0.3) is 5.57 Å². The Morgan fingerprint density at radius 2 is 1.61 bits per heavy atom. The topological polar surface area (TPSA) is 40.6 Å². The molecule has 0 radical (unpaired) electrons. The summed E-state index contributed by atoms with van der Waals surface area (Å²) in [4.78, 5) is 30.5. The molecule has 1 aromatic heterocycles. The average Bonchev–Trinajstić information content (AvgIpc) is 3.32. The molecule has 0 aliphatic carbocycles. The van der Waals surface area contributed by atoms with E-state index < -0.39 is 0 Å². The summed E-state index contributed by atoms with van der Waals surface area (Å²) in [7, 11) is 1.83. The third-order valence-electron chi connectivity index (χ3n) is 4.85. The van der Waals surface area contributed by atoms with Crippen LogP contribution in [0.5, 0.6) is 0 Å². The Balaban J connectivity index is 1.74. The minimum atomic E-state index is -0.264.